The van der Waals surface area contributed by atoms with Crippen molar-refractivity contribution in [3.05, 3.63) is 40.9 Å². The number of rotatable bonds is 6. The highest BCUT2D eigenvalue weighted by Crippen LogP contribution is 2.41. The van der Waals surface area contributed by atoms with Crippen molar-refractivity contribution >= 4 is 10.9 Å². The number of fused-ring (bicyclic) bond motifs is 1. The summed E-state index contributed by atoms with van der Waals surface area (Å²) in [6.45, 7) is 0. The van der Waals surface area contributed by atoms with Crippen molar-refractivity contribution in [1.29, 1.82) is 0 Å². The first kappa shape index (κ1) is 18.4. The lowest BCUT2D eigenvalue weighted by Crippen LogP contribution is -2.19. The zero-order valence-electron chi connectivity index (χ0n) is 15.7. The molecule has 0 aliphatic rings. The summed E-state index contributed by atoms with van der Waals surface area (Å²) in [6.07, 6.45) is 1.43. The molecule has 0 saturated carbocycles. The number of ether oxygens (including phenoxy) is 5. The van der Waals surface area contributed by atoms with Gasteiger partial charge in [0.15, 0.2) is 23.0 Å². The molecule has 2 aromatic carbocycles. The molecule has 0 aliphatic heterocycles. The first-order chi connectivity index (χ1) is 13.1. The van der Waals surface area contributed by atoms with E-state index in [0.29, 0.717) is 45.3 Å². The highest BCUT2D eigenvalue weighted by molar-refractivity contribution is 5.89. The van der Waals surface area contributed by atoms with E-state index >= 15 is 0 Å². The largest absolute Gasteiger partial charge is 0.493 e. The van der Waals surface area contributed by atoms with E-state index < -0.39 is 0 Å². The second-order valence-corrected chi connectivity index (χ2v) is 5.50. The molecule has 0 unspecified atom stereocenters. The lowest BCUT2D eigenvalue weighted by molar-refractivity contribution is 0.326. The summed E-state index contributed by atoms with van der Waals surface area (Å²) in [5.74, 6) is 2.17. The number of benzene rings is 2. The molecule has 0 aliphatic carbocycles. The van der Waals surface area contributed by atoms with Gasteiger partial charge in [-0.2, -0.15) is 0 Å². The molecule has 3 rings (SSSR count). The van der Waals surface area contributed by atoms with Crippen LogP contribution < -0.4 is 29.2 Å². The van der Waals surface area contributed by atoms with Crippen molar-refractivity contribution in [3.63, 3.8) is 0 Å². The van der Waals surface area contributed by atoms with Gasteiger partial charge in [-0.1, -0.05) is 0 Å². The fraction of sp³-hybridized carbons (Fsp3) is 0.263. The summed E-state index contributed by atoms with van der Waals surface area (Å²) in [6, 6.07) is 6.75. The molecule has 3 aromatic rings. The lowest BCUT2D eigenvalue weighted by Gasteiger charge is -2.15. The van der Waals surface area contributed by atoms with Crippen LogP contribution in [0.15, 0.2) is 35.4 Å². The van der Waals surface area contributed by atoms with Crippen LogP contribution in [0.2, 0.25) is 0 Å². The molecule has 1 aromatic heterocycles. The Morgan fingerprint density at radius 3 is 2.04 bits per heavy atom. The smallest absolute Gasteiger partial charge is 0.266 e. The first-order valence-corrected chi connectivity index (χ1v) is 8.02. The molecule has 0 amide bonds. The van der Waals surface area contributed by atoms with E-state index in [-0.39, 0.29) is 5.56 Å². The standard InChI is InChI=1S/C19H20N2O6/c1-23-13-7-6-11(8-14(13)24-2)21-10-20-16-12(19(21)22)9-15(25-3)17(26-4)18(16)27-5/h6-10H,1-5H3. The normalized spacial score (nSPS) is 10.6. The molecular formula is C19H20N2O6. The molecule has 27 heavy (non-hydrogen) atoms. The molecule has 8 heteroatoms. The van der Waals surface area contributed by atoms with Gasteiger partial charge in [-0.25, -0.2) is 4.98 Å². The monoisotopic (exact) mass is 372 g/mol. The predicted octanol–water partition coefficient (Wildman–Crippen LogP) is 2.43. The van der Waals surface area contributed by atoms with E-state index in [2.05, 4.69) is 4.98 Å². The van der Waals surface area contributed by atoms with Gasteiger partial charge < -0.3 is 23.7 Å². The number of hydrogen-bond acceptors (Lipinski definition) is 7. The number of aromatic nitrogens is 2. The molecule has 142 valence electrons. The predicted molar refractivity (Wildman–Crippen MR) is 100 cm³/mol. The van der Waals surface area contributed by atoms with Gasteiger partial charge in [0.2, 0.25) is 5.75 Å². The topological polar surface area (TPSA) is 81.0 Å². The molecule has 0 radical (unpaired) electrons. The average Bonchev–Trinajstić information content (AvgIpc) is 2.72. The maximum atomic E-state index is 13.1. The fourth-order valence-electron chi connectivity index (χ4n) is 2.89. The maximum absolute atomic E-state index is 13.1. The highest BCUT2D eigenvalue weighted by atomic mass is 16.5. The Labute approximate surface area is 155 Å². The van der Waals surface area contributed by atoms with Crippen LogP contribution in [0.4, 0.5) is 0 Å². The Hall–Kier alpha value is -3.42. The molecule has 0 atom stereocenters. The van der Waals surface area contributed by atoms with Crippen molar-refractivity contribution in [1.82, 2.24) is 9.55 Å². The van der Waals surface area contributed by atoms with Crippen LogP contribution in [-0.4, -0.2) is 45.1 Å². The quantitative estimate of drug-likeness (QED) is 0.657. The second-order valence-electron chi connectivity index (χ2n) is 5.50. The van der Waals surface area contributed by atoms with Crippen molar-refractivity contribution < 1.29 is 23.7 Å². The summed E-state index contributed by atoms with van der Waals surface area (Å²) >= 11 is 0. The van der Waals surface area contributed by atoms with Crippen molar-refractivity contribution in [2.75, 3.05) is 35.5 Å². The molecule has 0 fully saturated rings. The lowest BCUT2D eigenvalue weighted by atomic mass is 10.2. The van der Waals surface area contributed by atoms with E-state index in [9.17, 15) is 4.79 Å². The molecular weight excluding hydrogens is 352 g/mol. The Morgan fingerprint density at radius 2 is 1.44 bits per heavy atom. The van der Waals surface area contributed by atoms with Gasteiger partial charge in [0.25, 0.3) is 5.56 Å². The van der Waals surface area contributed by atoms with Gasteiger partial charge >= 0.3 is 0 Å². The Balaban J connectivity index is 2.29. The summed E-state index contributed by atoms with van der Waals surface area (Å²) in [5.41, 5.74) is 0.684. The number of methoxy groups -OCH3 is 5. The van der Waals surface area contributed by atoms with Crippen molar-refractivity contribution in [3.8, 4) is 34.4 Å². The van der Waals surface area contributed by atoms with E-state index in [1.807, 2.05) is 0 Å². The van der Waals surface area contributed by atoms with E-state index in [1.54, 1.807) is 31.4 Å². The van der Waals surface area contributed by atoms with Gasteiger partial charge in [0.05, 0.1) is 46.6 Å². The summed E-state index contributed by atoms with van der Waals surface area (Å²) in [5, 5.41) is 0.335. The van der Waals surface area contributed by atoms with Crippen LogP contribution in [-0.2, 0) is 0 Å². The minimum absolute atomic E-state index is 0.286. The number of hydrogen-bond donors (Lipinski definition) is 0. The summed E-state index contributed by atoms with van der Waals surface area (Å²) in [4.78, 5) is 17.5. The third-order valence-corrected chi connectivity index (χ3v) is 4.20. The van der Waals surface area contributed by atoms with Crippen molar-refractivity contribution in [2.45, 2.75) is 0 Å². The SMILES string of the molecule is COc1ccc(-n2cnc3c(OC)c(OC)c(OC)cc3c2=O)cc1OC. The van der Waals surface area contributed by atoms with Crippen LogP contribution in [0.1, 0.15) is 0 Å². The van der Waals surface area contributed by atoms with Crippen LogP contribution in [0, 0.1) is 0 Å². The second kappa shape index (κ2) is 7.45. The minimum atomic E-state index is -0.286. The minimum Gasteiger partial charge on any atom is -0.493 e. The molecule has 0 bridgehead atoms. The van der Waals surface area contributed by atoms with Crippen molar-refractivity contribution in [2.24, 2.45) is 0 Å². The van der Waals surface area contributed by atoms with Gasteiger partial charge in [-0.3, -0.25) is 9.36 Å². The summed E-state index contributed by atoms with van der Waals surface area (Å²) in [7, 11) is 7.56. The van der Waals surface area contributed by atoms with Crippen LogP contribution in [0.5, 0.6) is 28.7 Å². The van der Waals surface area contributed by atoms with E-state index in [0.717, 1.165) is 0 Å². The molecule has 0 saturated heterocycles. The average molecular weight is 372 g/mol. The van der Waals surface area contributed by atoms with Gasteiger partial charge in [-0.05, 0) is 18.2 Å². The van der Waals surface area contributed by atoms with Gasteiger partial charge in [0, 0.05) is 6.07 Å². The molecule has 0 N–H and O–H groups in total. The number of nitrogens with zero attached hydrogens (tertiary/aromatic N) is 2. The van der Waals surface area contributed by atoms with Crippen LogP contribution in [0.25, 0.3) is 16.6 Å². The molecule has 1 heterocycles. The van der Waals surface area contributed by atoms with Crippen LogP contribution >= 0.6 is 0 Å². The third kappa shape index (κ3) is 2.99. The Bertz CT molecular complexity index is 1040. The zero-order chi connectivity index (χ0) is 19.6. The van der Waals surface area contributed by atoms with Crippen LogP contribution in [0.3, 0.4) is 0 Å². The molecule has 0 spiro atoms. The fourth-order valence-corrected chi connectivity index (χ4v) is 2.89. The van der Waals surface area contributed by atoms with E-state index in [1.165, 1.54) is 39.3 Å². The maximum Gasteiger partial charge on any atom is 0.266 e. The summed E-state index contributed by atoms with van der Waals surface area (Å²) < 4.78 is 28.1. The first-order valence-electron chi connectivity index (χ1n) is 8.02. The van der Waals surface area contributed by atoms with E-state index in [4.69, 9.17) is 23.7 Å². The Kier molecular flexibility index (Phi) is 5.07. The van der Waals surface area contributed by atoms with Gasteiger partial charge in [-0.15, -0.1) is 0 Å². The third-order valence-electron chi connectivity index (χ3n) is 4.20. The molecule has 8 nitrogen and oxygen atoms in total. The Morgan fingerprint density at radius 1 is 0.778 bits per heavy atom. The van der Waals surface area contributed by atoms with Gasteiger partial charge in [0.1, 0.15) is 11.8 Å². The highest BCUT2D eigenvalue weighted by Gasteiger charge is 2.20. The zero-order valence-corrected chi connectivity index (χ0v) is 15.7.